The molecule has 0 bridgehead atoms. The first-order valence-electron chi connectivity index (χ1n) is 8.34. The van der Waals surface area contributed by atoms with E-state index in [1.165, 1.54) is 11.8 Å². The Labute approximate surface area is 151 Å². The number of aryl methyl sites for hydroxylation is 1. The summed E-state index contributed by atoms with van der Waals surface area (Å²) in [5.74, 6) is 0.886. The number of nitrogens with zero attached hydrogens (tertiary/aromatic N) is 2. The molecule has 2 rings (SSSR count). The molecule has 1 amide bonds. The molecule has 0 saturated carbocycles. The third-order valence-electron chi connectivity index (χ3n) is 3.47. The van der Waals surface area contributed by atoms with E-state index in [1.807, 2.05) is 31.2 Å². The van der Waals surface area contributed by atoms with Crippen LogP contribution < -0.4 is 15.7 Å². The summed E-state index contributed by atoms with van der Waals surface area (Å²) in [6.45, 7) is 5.51. The van der Waals surface area contributed by atoms with Gasteiger partial charge in [-0.2, -0.15) is 0 Å². The molecule has 0 saturated heterocycles. The summed E-state index contributed by atoms with van der Waals surface area (Å²) in [5, 5.41) is 9.74. The predicted octanol–water partition coefficient (Wildman–Crippen LogP) is 1.97. The van der Waals surface area contributed by atoms with Gasteiger partial charge >= 0.3 is 5.69 Å². The van der Waals surface area contributed by atoms with Crippen LogP contribution in [0.4, 0.5) is 0 Å². The highest BCUT2D eigenvalue weighted by molar-refractivity contribution is 7.99. The maximum Gasteiger partial charge on any atom is 0.343 e. The molecule has 0 radical (unpaired) electrons. The van der Waals surface area contributed by atoms with Crippen molar-refractivity contribution >= 4 is 17.7 Å². The molecule has 1 aromatic heterocycles. The van der Waals surface area contributed by atoms with Crippen LogP contribution in [-0.2, 0) is 11.3 Å². The Morgan fingerprint density at radius 2 is 2.28 bits per heavy atom. The second-order valence-electron chi connectivity index (χ2n) is 5.62. The van der Waals surface area contributed by atoms with E-state index in [1.54, 1.807) is 4.57 Å². The van der Waals surface area contributed by atoms with Crippen LogP contribution in [0.5, 0.6) is 5.75 Å². The molecular formula is C17H24N4O3S. The molecule has 0 aliphatic carbocycles. The number of aromatic nitrogens is 3. The number of amides is 1. The third kappa shape index (κ3) is 6.30. The highest BCUT2D eigenvalue weighted by Crippen LogP contribution is 2.13. The number of hydrogen-bond donors (Lipinski definition) is 2. The topological polar surface area (TPSA) is 89.0 Å². The molecular weight excluding hydrogens is 340 g/mol. The van der Waals surface area contributed by atoms with Crippen molar-refractivity contribution in [3.05, 3.63) is 40.3 Å². The van der Waals surface area contributed by atoms with Crippen molar-refractivity contribution in [2.75, 3.05) is 18.9 Å². The van der Waals surface area contributed by atoms with Crippen LogP contribution in [-0.4, -0.2) is 39.6 Å². The van der Waals surface area contributed by atoms with Crippen LogP contribution in [0.3, 0.4) is 0 Å². The number of unbranched alkanes of at least 4 members (excludes halogenated alkanes) is 1. The van der Waals surface area contributed by atoms with E-state index in [2.05, 4.69) is 22.4 Å². The molecule has 136 valence electrons. The Morgan fingerprint density at radius 1 is 1.44 bits per heavy atom. The van der Waals surface area contributed by atoms with Gasteiger partial charge in [0, 0.05) is 6.54 Å². The number of aromatic amines is 1. The molecule has 1 heterocycles. The first-order chi connectivity index (χ1) is 12.1. The van der Waals surface area contributed by atoms with Crippen molar-refractivity contribution in [1.29, 1.82) is 0 Å². The molecule has 0 spiro atoms. The Hall–Kier alpha value is -2.22. The molecule has 1 aromatic carbocycles. The average Bonchev–Trinajstić information content (AvgIpc) is 2.95. The zero-order chi connectivity index (χ0) is 18.1. The summed E-state index contributed by atoms with van der Waals surface area (Å²) in [6.07, 6.45) is 1.89. The van der Waals surface area contributed by atoms with Crippen molar-refractivity contribution in [1.82, 2.24) is 20.1 Å². The number of nitrogens with one attached hydrogen (secondary N) is 2. The number of carbonyl (C=O) groups is 1. The van der Waals surface area contributed by atoms with E-state index in [-0.39, 0.29) is 17.3 Å². The van der Waals surface area contributed by atoms with Gasteiger partial charge < -0.3 is 10.1 Å². The van der Waals surface area contributed by atoms with Crippen LogP contribution in [0, 0.1) is 6.92 Å². The van der Waals surface area contributed by atoms with Crippen LogP contribution in [0.1, 0.15) is 25.3 Å². The summed E-state index contributed by atoms with van der Waals surface area (Å²) >= 11 is 1.25. The predicted molar refractivity (Wildman–Crippen MR) is 98.2 cm³/mol. The summed E-state index contributed by atoms with van der Waals surface area (Å²) in [4.78, 5) is 23.6. The van der Waals surface area contributed by atoms with E-state index in [4.69, 9.17) is 4.74 Å². The SMILES string of the molecule is CCCCn1c(SCC(=O)NCCOc2cccc(C)c2)n[nH]c1=O. The molecule has 0 aliphatic rings. The Kier molecular flexibility index (Phi) is 7.59. The highest BCUT2D eigenvalue weighted by Gasteiger charge is 2.10. The van der Waals surface area contributed by atoms with Crippen LogP contribution in [0.2, 0.25) is 0 Å². The van der Waals surface area contributed by atoms with Gasteiger partial charge in [0.15, 0.2) is 5.16 Å². The summed E-state index contributed by atoms with van der Waals surface area (Å²) in [7, 11) is 0. The Morgan fingerprint density at radius 3 is 3.04 bits per heavy atom. The van der Waals surface area contributed by atoms with E-state index in [9.17, 15) is 9.59 Å². The highest BCUT2D eigenvalue weighted by atomic mass is 32.2. The quantitative estimate of drug-likeness (QED) is 0.497. The van der Waals surface area contributed by atoms with E-state index in [0.29, 0.717) is 24.9 Å². The van der Waals surface area contributed by atoms with Gasteiger partial charge in [-0.05, 0) is 31.0 Å². The number of rotatable bonds is 10. The number of carbonyl (C=O) groups excluding carboxylic acids is 1. The Bertz CT molecular complexity index is 741. The largest absolute Gasteiger partial charge is 0.492 e. The van der Waals surface area contributed by atoms with E-state index < -0.39 is 0 Å². The Balaban J connectivity index is 1.70. The van der Waals surface area contributed by atoms with Gasteiger partial charge in [-0.3, -0.25) is 9.36 Å². The second-order valence-corrected chi connectivity index (χ2v) is 6.56. The molecule has 2 N–H and O–H groups in total. The number of benzene rings is 1. The average molecular weight is 364 g/mol. The normalized spacial score (nSPS) is 10.6. The van der Waals surface area contributed by atoms with Gasteiger partial charge in [-0.25, -0.2) is 9.89 Å². The summed E-state index contributed by atoms with van der Waals surface area (Å²) in [6, 6.07) is 7.77. The first kappa shape index (κ1) is 19.1. The van der Waals surface area contributed by atoms with E-state index >= 15 is 0 Å². The second kappa shape index (κ2) is 9.93. The standard InChI is InChI=1S/C17H24N4O3S/c1-3-4-9-21-16(23)19-20-17(21)25-12-15(22)18-8-10-24-14-7-5-6-13(2)11-14/h5-7,11H,3-4,8-10,12H2,1-2H3,(H,18,22)(H,19,23). The summed E-state index contributed by atoms with van der Waals surface area (Å²) < 4.78 is 7.15. The number of ether oxygens (including phenoxy) is 1. The van der Waals surface area contributed by atoms with Crippen LogP contribution in [0.15, 0.2) is 34.2 Å². The maximum absolute atomic E-state index is 11.9. The smallest absolute Gasteiger partial charge is 0.343 e. The molecule has 25 heavy (non-hydrogen) atoms. The van der Waals surface area contributed by atoms with Crippen molar-refractivity contribution < 1.29 is 9.53 Å². The van der Waals surface area contributed by atoms with Gasteiger partial charge in [0.25, 0.3) is 0 Å². The fourth-order valence-electron chi connectivity index (χ4n) is 2.17. The van der Waals surface area contributed by atoms with Crippen molar-refractivity contribution in [3.8, 4) is 5.75 Å². The van der Waals surface area contributed by atoms with Crippen LogP contribution in [0.25, 0.3) is 0 Å². The minimum absolute atomic E-state index is 0.115. The van der Waals surface area contributed by atoms with Gasteiger partial charge in [-0.15, -0.1) is 5.10 Å². The lowest BCUT2D eigenvalue weighted by molar-refractivity contribution is -0.118. The lowest BCUT2D eigenvalue weighted by Gasteiger charge is -2.08. The zero-order valence-corrected chi connectivity index (χ0v) is 15.4. The fourth-order valence-corrected chi connectivity index (χ4v) is 2.97. The van der Waals surface area contributed by atoms with E-state index in [0.717, 1.165) is 24.2 Å². The monoisotopic (exact) mass is 364 g/mol. The van der Waals surface area contributed by atoms with Crippen molar-refractivity contribution in [2.45, 2.75) is 38.4 Å². The number of hydrogen-bond acceptors (Lipinski definition) is 5. The number of thioether (sulfide) groups is 1. The lowest BCUT2D eigenvalue weighted by atomic mass is 10.2. The molecule has 2 aromatic rings. The molecule has 0 atom stereocenters. The number of H-pyrrole nitrogens is 1. The molecule has 8 heteroatoms. The molecule has 0 aliphatic heterocycles. The third-order valence-corrected chi connectivity index (χ3v) is 4.45. The minimum atomic E-state index is -0.233. The van der Waals surface area contributed by atoms with Crippen molar-refractivity contribution in [3.63, 3.8) is 0 Å². The fraction of sp³-hybridized carbons (Fsp3) is 0.471. The molecule has 7 nitrogen and oxygen atoms in total. The van der Waals surface area contributed by atoms with Gasteiger partial charge in [0.2, 0.25) is 5.91 Å². The zero-order valence-electron chi connectivity index (χ0n) is 14.6. The van der Waals surface area contributed by atoms with Gasteiger partial charge in [0.05, 0.1) is 12.3 Å². The first-order valence-corrected chi connectivity index (χ1v) is 9.33. The minimum Gasteiger partial charge on any atom is -0.492 e. The summed E-state index contributed by atoms with van der Waals surface area (Å²) in [5.41, 5.74) is 0.897. The maximum atomic E-state index is 11.9. The molecule has 0 fully saturated rings. The van der Waals surface area contributed by atoms with Crippen molar-refractivity contribution in [2.24, 2.45) is 0 Å². The van der Waals surface area contributed by atoms with Gasteiger partial charge in [-0.1, -0.05) is 37.2 Å². The molecule has 0 unspecified atom stereocenters. The lowest BCUT2D eigenvalue weighted by Crippen LogP contribution is -2.29. The van der Waals surface area contributed by atoms with Crippen LogP contribution >= 0.6 is 11.8 Å². The van der Waals surface area contributed by atoms with Gasteiger partial charge in [0.1, 0.15) is 12.4 Å².